The van der Waals surface area contributed by atoms with Crippen LogP contribution in [0.1, 0.15) is 37.7 Å². The molecule has 1 aliphatic rings. The Labute approximate surface area is 116 Å². The fourth-order valence-corrected chi connectivity index (χ4v) is 3.34. The second kappa shape index (κ2) is 5.31. The number of carboxylic acid groups (broad SMARTS) is 1. The van der Waals surface area contributed by atoms with E-state index in [9.17, 15) is 9.90 Å². The molecule has 0 bridgehead atoms. The molecule has 3 unspecified atom stereocenters. The van der Waals surface area contributed by atoms with Gasteiger partial charge in [0.25, 0.3) is 0 Å². The summed E-state index contributed by atoms with van der Waals surface area (Å²) in [5, 5.41) is 9.52. The number of nitrogen functional groups attached to an aromatic ring is 1. The van der Waals surface area contributed by atoms with E-state index in [2.05, 4.69) is 22.9 Å². The van der Waals surface area contributed by atoms with Crippen molar-refractivity contribution in [1.82, 2.24) is 0 Å². The van der Waals surface area contributed by atoms with E-state index in [0.29, 0.717) is 11.6 Å². The zero-order valence-electron chi connectivity index (χ0n) is 10.4. The Kier molecular flexibility index (Phi) is 3.95. The van der Waals surface area contributed by atoms with Crippen molar-refractivity contribution in [1.29, 1.82) is 0 Å². The number of hydrogen-bond acceptors (Lipinski definition) is 2. The van der Waals surface area contributed by atoms with Crippen molar-refractivity contribution in [2.75, 3.05) is 5.73 Å². The zero-order valence-corrected chi connectivity index (χ0v) is 12.0. The van der Waals surface area contributed by atoms with Crippen molar-refractivity contribution in [2.45, 2.75) is 32.1 Å². The highest BCUT2D eigenvalue weighted by atomic mass is 79.9. The molecule has 0 aromatic heterocycles. The van der Waals surface area contributed by atoms with Crippen LogP contribution in [0.5, 0.6) is 0 Å². The number of benzene rings is 1. The molecule has 0 saturated heterocycles. The number of hydrogen-bond donors (Lipinski definition) is 2. The monoisotopic (exact) mass is 311 g/mol. The Morgan fingerprint density at radius 1 is 1.50 bits per heavy atom. The molecule has 3 N–H and O–H groups in total. The average Bonchev–Trinajstić information content (AvgIpc) is 2.70. The van der Waals surface area contributed by atoms with Gasteiger partial charge in [0, 0.05) is 10.2 Å². The summed E-state index contributed by atoms with van der Waals surface area (Å²) < 4.78 is 0.879. The third-order valence-electron chi connectivity index (χ3n) is 3.86. The quantitative estimate of drug-likeness (QED) is 0.838. The maximum Gasteiger partial charge on any atom is 0.311 e. The molecule has 0 amide bonds. The van der Waals surface area contributed by atoms with E-state index in [1.54, 1.807) is 6.07 Å². The minimum Gasteiger partial charge on any atom is -0.481 e. The lowest BCUT2D eigenvalue weighted by Crippen LogP contribution is -2.21. The molecule has 1 aromatic carbocycles. The van der Waals surface area contributed by atoms with Crippen LogP contribution in [-0.4, -0.2) is 11.1 Å². The molecule has 2 rings (SSSR count). The van der Waals surface area contributed by atoms with Crippen molar-refractivity contribution < 1.29 is 9.90 Å². The predicted molar refractivity (Wildman–Crippen MR) is 75.4 cm³/mol. The van der Waals surface area contributed by atoms with Crippen LogP contribution in [0.3, 0.4) is 0 Å². The fourth-order valence-electron chi connectivity index (χ4n) is 2.96. The molecule has 1 aromatic rings. The molecular formula is C14H18BrNO2. The minimum absolute atomic E-state index is 0.203. The van der Waals surface area contributed by atoms with Crippen LogP contribution in [0.2, 0.25) is 0 Å². The molecular weight excluding hydrogens is 294 g/mol. The van der Waals surface area contributed by atoms with E-state index in [0.717, 1.165) is 29.3 Å². The standard InChI is InChI=1S/C14H18BrNO2/c1-8-2-3-9(6-8)13(14(17)18)11-7-10(15)4-5-12(11)16/h4-5,7-9,13H,2-3,6,16H2,1H3,(H,17,18). The summed E-state index contributed by atoms with van der Waals surface area (Å²) in [4.78, 5) is 11.6. The van der Waals surface area contributed by atoms with Gasteiger partial charge in [-0.05, 0) is 48.4 Å². The van der Waals surface area contributed by atoms with Crippen LogP contribution in [0.15, 0.2) is 22.7 Å². The van der Waals surface area contributed by atoms with Gasteiger partial charge >= 0.3 is 5.97 Å². The van der Waals surface area contributed by atoms with Gasteiger partial charge in [0.2, 0.25) is 0 Å². The Balaban J connectivity index is 2.35. The van der Waals surface area contributed by atoms with Gasteiger partial charge in [0.05, 0.1) is 5.92 Å². The Hall–Kier alpha value is -1.03. The molecule has 18 heavy (non-hydrogen) atoms. The molecule has 1 aliphatic carbocycles. The number of nitrogens with two attached hydrogens (primary N) is 1. The first-order valence-electron chi connectivity index (χ1n) is 6.26. The molecule has 0 spiro atoms. The molecule has 98 valence electrons. The number of carboxylic acids is 1. The number of anilines is 1. The highest BCUT2D eigenvalue weighted by Crippen LogP contribution is 2.42. The van der Waals surface area contributed by atoms with Crippen LogP contribution < -0.4 is 5.73 Å². The highest BCUT2D eigenvalue weighted by Gasteiger charge is 2.35. The van der Waals surface area contributed by atoms with E-state index < -0.39 is 11.9 Å². The second-order valence-corrected chi connectivity index (χ2v) is 6.18. The highest BCUT2D eigenvalue weighted by molar-refractivity contribution is 9.10. The third-order valence-corrected chi connectivity index (χ3v) is 4.35. The van der Waals surface area contributed by atoms with E-state index >= 15 is 0 Å². The zero-order chi connectivity index (χ0) is 13.3. The molecule has 4 heteroatoms. The normalized spacial score (nSPS) is 25.0. The summed E-state index contributed by atoms with van der Waals surface area (Å²) in [7, 11) is 0. The maximum atomic E-state index is 11.6. The lowest BCUT2D eigenvalue weighted by Gasteiger charge is -2.21. The molecule has 3 nitrogen and oxygen atoms in total. The minimum atomic E-state index is -0.765. The molecule has 1 fully saturated rings. The van der Waals surface area contributed by atoms with Crippen LogP contribution in [0.25, 0.3) is 0 Å². The average molecular weight is 312 g/mol. The summed E-state index contributed by atoms with van der Waals surface area (Å²) in [6.45, 7) is 2.18. The van der Waals surface area contributed by atoms with Crippen LogP contribution in [0.4, 0.5) is 5.69 Å². The van der Waals surface area contributed by atoms with Crippen molar-refractivity contribution >= 4 is 27.6 Å². The topological polar surface area (TPSA) is 63.3 Å². The summed E-state index contributed by atoms with van der Waals surface area (Å²) in [5.74, 6) is -0.425. The molecule has 0 aliphatic heterocycles. The van der Waals surface area contributed by atoms with Crippen molar-refractivity contribution in [3.05, 3.63) is 28.2 Å². The molecule has 3 atom stereocenters. The van der Waals surface area contributed by atoms with Gasteiger partial charge < -0.3 is 10.8 Å². The smallest absolute Gasteiger partial charge is 0.311 e. The van der Waals surface area contributed by atoms with Gasteiger partial charge in [-0.15, -0.1) is 0 Å². The van der Waals surface area contributed by atoms with Gasteiger partial charge in [-0.3, -0.25) is 4.79 Å². The van der Waals surface area contributed by atoms with Crippen molar-refractivity contribution in [2.24, 2.45) is 11.8 Å². The fraction of sp³-hybridized carbons (Fsp3) is 0.500. The Morgan fingerprint density at radius 2 is 2.22 bits per heavy atom. The molecule has 0 radical (unpaired) electrons. The first-order valence-corrected chi connectivity index (χ1v) is 7.06. The van der Waals surface area contributed by atoms with Gasteiger partial charge in [0.15, 0.2) is 0 Å². The number of aliphatic carboxylic acids is 1. The van der Waals surface area contributed by atoms with Gasteiger partial charge in [-0.1, -0.05) is 29.3 Å². The lowest BCUT2D eigenvalue weighted by atomic mass is 9.83. The van der Waals surface area contributed by atoms with Crippen LogP contribution >= 0.6 is 15.9 Å². The summed E-state index contributed by atoms with van der Waals surface area (Å²) >= 11 is 3.39. The molecule has 0 heterocycles. The lowest BCUT2D eigenvalue weighted by molar-refractivity contribution is -0.140. The first kappa shape index (κ1) is 13.4. The van der Waals surface area contributed by atoms with E-state index in [4.69, 9.17) is 5.73 Å². The van der Waals surface area contributed by atoms with Crippen LogP contribution in [0, 0.1) is 11.8 Å². The maximum absolute atomic E-state index is 11.6. The Morgan fingerprint density at radius 3 is 2.78 bits per heavy atom. The van der Waals surface area contributed by atoms with Crippen molar-refractivity contribution in [3.63, 3.8) is 0 Å². The number of carbonyl (C=O) groups is 1. The van der Waals surface area contributed by atoms with E-state index in [-0.39, 0.29) is 5.92 Å². The number of halogens is 1. The Bertz CT molecular complexity index is 461. The summed E-state index contributed by atoms with van der Waals surface area (Å²) in [6.07, 6.45) is 3.06. The first-order chi connectivity index (χ1) is 8.49. The van der Waals surface area contributed by atoms with Crippen LogP contribution in [-0.2, 0) is 4.79 Å². The van der Waals surface area contributed by atoms with E-state index in [1.165, 1.54) is 0 Å². The predicted octanol–water partition coefficient (Wildman–Crippen LogP) is 3.64. The SMILES string of the molecule is CC1CCC(C(C(=O)O)c2cc(Br)ccc2N)C1. The van der Waals surface area contributed by atoms with Gasteiger partial charge in [-0.2, -0.15) is 0 Å². The van der Waals surface area contributed by atoms with Crippen molar-refractivity contribution in [3.8, 4) is 0 Å². The van der Waals surface area contributed by atoms with E-state index in [1.807, 2.05) is 12.1 Å². The van der Waals surface area contributed by atoms with Gasteiger partial charge in [0.1, 0.15) is 0 Å². The van der Waals surface area contributed by atoms with Gasteiger partial charge in [-0.25, -0.2) is 0 Å². The number of rotatable bonds is 3. The summed E-state index contributed by atoms with van der Waals surface area (Å²) in [6, 6.07) is 5.46. The third kappa shape index (κ3) is 2.69. The largest absolute Gasteiger partial charge is 0.481 e. The molecule has 1 saturated carbocycles. The second-order valence-electron chi connectivity index (χ2n) is 5.27. The summed E-state index contributed by atoms with van der Waals surface area (Å²) in [5.41, 5.74) is 7.27.